The van der Waals surface area contributed by atoms with Crippen LogP contribution in [0.4, 0.5) is 11.4 Å². The minimum Gasteiger partial charge on any atom is -0.477 e. The van der Waals surface area contributed by atoms with Crippen molar-refractivity contribution in [1.29, 1.82) is 0 Å². The molecular formula is C49H52Cl2N4O10S2. The van der Waals surface area contributed by atoms with Crippen molar-refractivity contribution in [2.45, 2.75) is 41.5 Å². The summed E-state index contributed by atoms with van der Waals surface area (Å²) in [6, 6.07) is 15.8. The van der Waals surface area contributed by atoms with Crippen LogP contribution in [0.5, 0.6) is 0 Å². The van der Waals surface area contributed by atoms with Crippen LogP contribution < -0.4 is 9.80 Å². The number of benzene rings is 2. The molecule has 354 valence electrons. The van der Waals surface area contributed by atoms with Crippen LogP contribution in [0, 0.1) is 34.5 Å². The van der Waals surface area contributed by atoms with Gasteiger partial charge in [-0.15, -0.1) is 22.7 Å². The Kier molecular flexibility index (Phi) is 18.2. The van der Waals surface area contributed by atoms with Gasteiger partial charge in [-0.05, 0) is 102 Å². The second-order valence-electron chi connectivity index (χ2n) is 17.2. The second kappa shape index (κ2) is 23.3. The highest BCUT2D eigenvalue weighted by Crippen LogP contribution is 2.34. The molecule has 4 heterocycles. The number of esters is 1. The average Bonchev–Trinajstić information content (AvgIpc) is 3.94. The van der Waals surface area contributed by atoms with Crippen LogP contribution in [0.1, 0.15) is 91.4 Å². The summed E-state index contributed by atoms with van der Waals surface area (Å²) in [6.07, 6.45) is 0. The summed E-state index contributed by atoms with van der Waals surface area (Å²) in [5.41, 5.74) is 0.533. The largest absolute Gasteiger partial charge is 0.477 e. The van der Waals surface area contributed by atoms with E-state index in [0.717, 1.165) is 22.7 Å². The monoisotopic (exact) mass is 990 g/mol. The number of aromatic carboxylic acids is 1. The van der Waals surface area contributed by atoms with Gasteiger partial charge < -0.3 is 29.1 Å². The normalized spacial score (nSPS) is 13.7. The lowest BCUT2D eigenvalue weighted by Gasteiger charge is -2.30. The third kappa shape index (κ3) is 15.1. The van der Waals surface area contributed by atoms with Gasteiger partial charge in [-0.2, -0.15) is 0 Å². The summed E-state index contributed by atoms with van der Waals surface area (Å²) >= 11 is 14.1. The van der Waals surface area contributed by atoms with Gasteiger partial charge in [0, 0.05) is 58.2 Å². The molecule has 2 fully saturated rings. The summed E-state index contributed by atoms with van der Waals surface area (Å²) in [7, 11) is 1.27. The van der Waals surface area contributed by atoms with Gasteiger partial charge >= 0.3 is 11.9 Å². The van der Waals surface area contributed by atoms with Crippen LogP contribution in [0.3, 0.4) is 0 Å². The van der Waals surface area contributed by atoms with Gasteiger partial charge in [0.1, 0.15) is 22.8 Å². The molecule has 6 rings (SSSR count). The average molecular weight is 992 g/mol. The molecule has 1 N–H and O–H groups in total. The highest BCUT2D eigenvalue weighted by molar-refractivity contribution is 7.15. The van der Waals surface area contributed by atoms with Crippen LogP contribution in [0.2, 0.25) is 10.0 Å². The second-order valence-corrected chi connectivity index (χ2v) is 20.2. The summed E-state index contributed by atoms with van der Waals surface area (Å²) in [4.78, 5) is 84.8. The minimum atomic E-state index is -1.19. The van der Waals surface area contributed by atoms with Crippen molar-refractivity contribution < 1.29 is 48.1 Å². The number of carboxylic acids is 1. The maximum Gasteiger partial charge on any atom is 0.350 e. The SMILES string of the molecule is CC(C)(C)C#Cc1cc(N(CC(=O)N2CCOCC2)C(=O)c2ccc(Cl)cc2)c(C(=O)O)s1.COC(=O)c1sc(C#CC(C)(C)C)cc1N(CC(=O)N1CCOCC1)C(=O)c1ccc(Cl)cc1. The predicted molar refractivity (Wildman–Crippen MR) is 261 cm³/mol. The zero-order chi connectivity index (χ0) is 49.1. The van der Waals surface area contributed by atoms with Crippen molar-refractivity contribution >= 4 is 92.8 Å². The first-order valence-corrected chi connectivity index (χ1v) is 23.5. The van der Waals surface area contributed by atoms with E-state index in [4.69, 9.17) is 37.4 Å². The molecule has 4 aromatic rings. The van der Waals surface area contributed by atoms with E-state index >= 15 is 0 Å². The standard InChI is InChI=1S/C25H27ClN2O5S.C24H25ClN2O5S/c1-25(2,3)10-9-19-15-20(22(34-19)24(31)32-4)28(16-21(29)27-11-13-33-14-12-27)23(30)17-5-7-18(26)8-6-17;1-24(2,3)9-8-18-14-19(21(33-18)23(30)31)27(15-20(28)26-10-12-32-13-11-26)22(29)16-4-6-17(25)7-5-16/h5-8,15H,11-14,16H2,1-4H3;4-7,14H,10-13,15H2,1-3H3,(H,30,31). The van der Waals surface area contributed by atoms with Crippen LogP contribution in [0.15, 0.2) is 60.7 Å². The number of carbonyl (C=O) groups is 6. The molecule has 2 aromatic carbocycles. The third-order valence-electron chi connectivity index (χ3n) is 9.68. The molecule has 0 bridgehead atoms. The van der Waals surface area contributed by atoms with E-state index in [0.29, 0.717) is 83.5 Å². The predicted octanol–water partition coefficient (Wildman–Crippen LogP) is 8.09. The maximum absolute atomic E-state index is 13.6. The minimum absolute atomic E-state index is 0.0506. The van der Waals surface area contributed by atoms with Gasteiger partial charge in [-0.3, -0.25) is 29.0 Å². The van der Waals surface area contributed by atoms with E-state index in [2.05, 4.69) is 23.7 Å². The lowest BCUT2D eigenvalue weighted by atomic mass is 9.98. The number of amides is 4. The van der Waals surface area contributed by atoms with E-state index in [1.54, 1.807) is 70.5 Å². The highest BCUT2D eigenvalue weighted by Gasteiger charge is 2.32. The Morgan fingerprint density at radius 2 is 1.00 bits per heavy atom. The van der Waals surface area contributed by atoms with Crippen molar-refractivity contribution in [3.05, 3.63) is 101 Å². The Bertz CT molecular complexity index is 2580. The molecule has 2 aliphatic heterocycles. The topological polar surface area (TPSA) is 163 Å². The smallest absolute Gasteiger partial charge is 0.350 e. The Morgan fingerprint density at radius 3 is 1.34 bits per heavy atom. The molecule has 2 aromatic heterocycles. The number of thiophene rings is 2. The first-order chi connectivity index (χ1) is 31.6. The number of anilines is 2. The Hall–Kier alpha value is -5.72. The fraction of sp³-hybridized carbons (Fsp3) is 0.388. The van der Waals surface area contributed by atoms with Crippen LogP contribution in [0.25, 0.3) is 0 Å². The number of methoxy groups -OCH3 is 1. The molecule has 0 saturated carbocycles. The molecule has 2 aliphatic rings. The molecule has 14 nitrogen and oxygen atoms in total. The first kappa shape index (κ1) is 52.3. The van der Waals surface area contributed by atoms with Crippen LogP contribution >= 0.6 is 45.9 Å². The number of nitrogens with zero attached hydrogens (tertiary/aromatic N) is 4. The lowest BCUT2D eigenvalue weighted by molar-refractivity contribution is -0.134. The van der Waals surface area contributed by atoms with Crippen molar-refractivity contribution in [2.75, 3.05) is 82.6 Å². The van der Waals surface area contributed by atoms with Gasteiger partial charge in [0.2, 0.25) is 11.8 Å². The number of hydrogen-bond donors (Lipinski definition) is 1. The zero-order valence-electron chi connectivity index (χ0n) is 38.3. The van der Waals surface area contributed by atoms with E-state index in [1.807, 2.05) is 41.5 Å². The quantitative estimate of drug-likeness (QED) is 0.121. The third-order valence-corrected chi connectivity index (χ3v) is 12.2. The maximum atomic E-state index is 13.6. The molecule has 2 saturated heterocycles. The summed E-state index contributed by atoms with van der Waals surface area (Å²) in [6.45, 7) is 14.7. The van der Waals surface area contributed by atoms with Crippen molar-refractivity contribution in [3.8, 4) is 23.7 Å². The molecule has 18 heteroatoms. The summed E-state index contributed by atoms with van der Waals surface area (Å²) in [5.74, 6) is 9.04. The molecule has 0 radical (unpaired) electrons. The number of carbonyl (C=O) groups excluding carboxylic acids is 5. The van der Waals surface area contributed by atoms with E-state index in [9.17, 15) is 33.9 Å². The van der Waals surface area contributed by atoms with Gasteiger partial charge in [0.05, 0.1) is 54.7 Å². The first-order valence-electron chi connectivity index (χ1n) is 21.2. The number of hydrogen-bond acceptors (Lipinski definition) is 11. The Balaban J connectivity index is 0.000000251. The number of carboxylic acid groups (broad SMARTS) is 1. The van der Waals surface area contributed by atoms with Crippen molar-refractivity contribution in [2.24, 2.45) is 10.8 Å². The van der Waals surface area contributed by atoms with Gasteiger partial charge in [0.25, 0.3) is 11.8 Å². The molecular weight excluding hydrogens is 940 g/mol. The summed E-state index contributed by atoms with van der Waals surface area (Å²) < 4.78 is 15.6. The fourth-order valence-electron chi connectivity index (χ4n) is 6.30. The molecule has 0 atom stereocenters. The zero-order valence-corrected chi connectivity index (χ0v) is 41.5. The molecule has 67 heavy (non-hydrogen) atoms. The molecule has 0 unspecified atom stereocenters. The Morgan fingerprint density at radius 1 is 0.642 bits per heavy atom. The van der Waals surface area contributed by atoms with E-state index in [1.165, 1.54) is 16.9 Å². The fourth-order valence-corrected chi connectivity index (χ4v) is 8.34. The number of rotatable bonds is 10. The molecule has 4 amide bonds. The lowest BCUT2D eigenvalue weighted by Crippen LogP contribution is -2.47. The van der Waals surface area contributed by atoms with Crippen LogP contribution in [-0.4, -0.2) is 123 Å². The number of halogens is 2. The molecule has 0 spiro atoms. The van der Waals surface area contributed by atoms with Crippen molar-refractivity contribution in [1.82, 2.24) is 9.80 Å². The number of ether oxygens (including phenoxy) is 3. The van der Waals surface area contributed by atoms with Crippen LogP contribution in [-0.2, 0) is 23.8 Å². The van der Waals surface area contributed by atoms with Gasteiger partial charge in [-0.25, -0.2) is 9.59 Å². The molecule has 0 aliphatic carbocycles. The highest BCUT2D eigenvalue weighted by atomic mass is 35.5. The van der Waals surface area contributed by atoms with Crippen molar-refractivity contribution in [3.63, 3.8) is 0 Å². The summed E-state index contributed by atoms with van der Waals surface area (Å²) in [5, 5.41) is 10.8. The van der Waals surface area contributed by atoms with E-state index in [-0.39, 0.29) is 56.9 Å². The van der Waals surface area contributed by atoms with Gasteiger partial charge in [-0.1, -0.05) is 46.9 Å². The van der Waals surface area contributed by atoms with Gasteiger partial charge in [0.15, 0.2) is 0 Å². The Labute approximate surface area is 408 Å². The number of morpholine rings is 2. The van der Waals surface area contributed by atoms with E-state index < -0.39 is 23.8 Å².